The Morgan fingerprint density at radius 2 is 1.77 bits per heavy atom. The van der Waals surface area contributed by atoms with Gasteiger partial charge >= 0.3 is 12.6 Å². The number of hydrogen-bond acceptors (Lipinski definition) is 6. The fourth-order valence-electron chi connectivity index (χ4n) is 3.20. The first-order valence-corrected chi connectivity index (χ1v) is 10.5. The molecule has 0 saturated carbocycles. The van der Waals surface area contributed by atoms with Crippen molar-refractivity contribution in [1.82, 2.24) is 14.8 Å². The van der Waals surface area contributed by atoms with E-state index in [4.69, 9.17) is 4.74 Å². The van der Waals surface area contributed by atoms with Crippen LogP contribution in [-0.4, -0.2) is 39.7 Å². The predicted molar refractivity (Wildman–Crippen MR) is 124 cm³/mol. The Labute approximate surface area is 199 Å². The molecule has 0 atom stereocenters. The van der Waals surface area contributed by atoms with Crippen molar-refractivity contribution >= 4 is 17.8 Å². The molecule has 0 N–H and O–H groups in total. The van der Waals surface area contributed by atoms with Gasteiger partial charge < -0.3 is 9.47 Å². The number of alkyl halides is 2. The summed E-state index contributed by atoms with van der Waals surface area (Å²) in [7, 11) is 0. The van der Waals surface area contributed by atoms with Crippen LogP contribution in [-0.2, 0) is 9.53 Å². The van der Waals surface area contributed by atoms with Gasteiger partial charge in [0.2, 0.25) is 0 Å². The van der Waals surface area contributed by atoms with Gasteiger partial charge in [-0.2, -0.15) is 13.9 Å². The molecule has 0 radical (unpaired) electrons. The second-order valence-electron chi connectivity index (χ2n) is 7.22. The Morgan fingerprint density at radius 3 is 2.46 bits per heavy atom. The predicted octanol–water partition coefficient (Wildman–Crippen LogP) is 4.98. The zero-order valence-corrected chi connectivity index (χ0v) is 18.3. The zero-order valence-electron chi connectivity index (χ0n) is 18.3. The van der Waals surface area contributed by atoms with Gasteiger partial charge in [0.1, 0.15) is 11.4 Å². The number of hydrogen-bond donors (Lipinski definition) is 0. The van der Waals surface area contributed by atoms with Crippen molar-refractivity contribution in [2.45, 2.75) is 6.61 Å². The van der Waals surface area contributed by atoms with Crippen molar-refractivity contribution in [3.63, 3.8) is 0 Å². The van der Waals surface area contributed by atoms with Crippen molar-refractivity contribution in [2.24, 2.45) is 0 Å². The quantitative estimate of drug-likeness (QED) is 0.193. The number of Topliss-reactive ketones (excluding diaryl/α,β-unsaturated/α-hetero) is 1. The van der Waals surface area contributed by atoms with Crippen LogP contribution in [0.4, 0.5) is 8.78 Å². The van der Waals surface area contributed by atoms with Gasteiger partial charge in [-0.3, -0.25) is 9.78 Å². The molecule has 35 heavy (non-hydrogen) atoms. The van der Waals surface area contributed by atoms with E-state index in [-0.39, 0.29) is 11.3 Å². The van der Waals surface area contributed by atoms with Crippen LogP contribution in [0, 0.1) is 0 Å². The summed E-state index contributed by atoms with van der Waals surface area (Å²) < 4.78 is 35.4. The van der Waals surface area contributed by atoms with E-state index in [2.05, 4.69) is 14.8 Å². The van der Waals surface area contributed by atoms with Crippen molar-refractivity contribution in [3.05, 3.63) is 103 Å². The number of halogens is 2. The standard InChI is InChI=1S/C26H19F2N3O4/c27-26(28)35-22-11-8-18(9-12-22)23(32)17-34-24(33)13-10-20-16-31(21-6-2-1-3-7-21)30-25(20)19-5-4-14-29-15-19/h1-16,26H,17H2/b13-10+. The van der Waals surface area contributed by atoms with Gasteiger partial charge in [-0.1, -0.05) is 18.2 Å². The molecule has 0 aliphatic heterocycles. The molecule has 0 aliphatic rings. The average Bonchev–Trinajstić information content (AvgIpc) is 3.31. The molecule has 2 aromatic carbocycles. The highest BCUT2D eigenvalue weighted by Gasteiger charge is 2.13. The number of rotatable bonds is 9. The van der Waals surface area contributed by atoms with Crippen LogP contribution in [0.2, 0.25) is 0 Å². The molecular formula is C26H19F2N3O4. The molecule has 4 rings (SSSR count). The average molecular weight is 475 g/mol. The van der Waals surface area contributed by atoms with Crippen molar-refractivity contribution in [1.29, 1.82) is 0 Å². The first-order valence-electron chi connectivity index (χ1n) is 10.5. The molecule has 0 saturated heterocycles. The summed E-state index contributed by atoms with van der Waals surface area (Å²) in [6, 6.07) is 18.3. The summed E-state index contributed by atoms with van der Waals surface area (Å²) in [4.78, 5) is 28.6. The van der Waals surface area contributed by atoms with Gasteiger partial charge in [0.05, 0.1) is 5.69 Å². The van der Waals surface area contributed by atoms with Crippen LogP contribution < -0.4 is 4.74 Å². The summed E-state index contributed by atoms with van der Waals surface area (Å²) in [5, 5.41) is 4.63. The van der Waals surface area contributed by atoms with Crippen molar-refractivity contribution in [2.75, 3.05) is 6.61 Å². The largest absolute Gasteiger partial charge is 0.454 e. The minimum atomic E-state index is -2.96. The van der Waals surface area contributed by atoms with Gasteiger partial charge in [-0.05, 0) is 54.6 Å². The summed E-state index contributed by atoms with van der Waals surface area (Å²) in [5.74, 6) is -1.28. The number of carbonyl (C=O) groups excluding carboxylic acids is 2. The van der Waals surface area contributed by atoms with Gasteiger partial charge in [0.25, 0.3) is 0 Å². The Hall–Kier alpha value is -4.66. The summed E-state index contributed by atoms with van der Waals surface area (Å²) >= 11 is 0. The van der Waals surface area contributed by atoms with E-state index in [1.54, 1.807) is 35.4 Å². The van der Waals surface area contributed by atoms with Gasteiger partial charge in [-0.25, -0.2) is 9.48 Å². The molecule has 7 nitrogen and oxygen atoms in total. The third-order valence-corrected chi connectivity index (χ3v) is 4.84. The normalized spacial score (nSPS) is 11.1. The molecule has 0 spiro atoms. The van der Waals surface area contributed by atoms with Crippen LogP contribution >= 0.6 is 0 Å². The lowest BCUT2D eigenvalue weighted by atomic mass is 10.1. The molecule has 0 aliphatic carbocycles. The van der Waals surface area contributed by atoms with Gasteiger partial charge in [0.15, 0.2) is 12.4 Å². The van der Waals surface area contributed by atoms with Crippen LogP contribution in [0.25, 0.3) is 23.0 Å². The number of ether oxygens (including phenoxy) is 2. The van der Waals surface area contributed by atoms with E-state index in [1.165, 1.54) is 30.3 Å². The molecule has 4 aromatic rings. The van der Waals surface area contributed by atoms with E-state index in [0.717, 1.165) is 11.3 Å². The van der Waals surface area contributed by atoms with E-state index < -0.39 is 25.0 Å². The Bertz CT molecular complexity index is 1320. The number of pyridine rings is 1. The van der Waals surface area contributed by atoms with E-state index in [9.17, 15) is 18.4 Å². The SMILES string of the molecule is O=C(/C=C/c1cn(-c2ccccc2)nc1-c1cccnc1)OCC(=O)c1ccc(OC(F)F)cc1. The Morgan fingerprint density at radius 1 is 1.00 bits per heavy atom. The molecule has 0 fully saturated rings. The van der Waals surface area contributed by atoms with Gasteiger partial charge in [0, 0.05) is 41.4 Å². The number of nitrogens with zero attached hydrogens (tertiary/aromatic N) is 3. The molecule has 9 heteroatoms. The maximum atomic E-state index is 12.2. The minimum absolute atomic E-state index is 0.0723. The van der Waals surface area contributed by atoms with Crippen LogP contribution in [0.1, 0.15) is 15.9 Å². The van der Waals surface area contributed by atoms with Gasteiger partial charge in [-0.15, -0.1) is 0 Å². The molecular weight excluding hydrogens is 456 g/mol. The van der Waals surface area contributed by atoms with Crippen molar-refractivity contribution in [3.8, 4) is 22.7 Å². The maximum Gasteiger partial charge on any atom is 0.387 e. The molecule has 0 amide bonds. The number of aromatic nitrogens is 3. The summed E-state index contributed by atoms with van der Waals surface area (Å²) in [6.45, 7) is -3.46. The highest BCUT2D eigenvalue weighted by molar-refractivity contribution is 5.99. The summed E-state index contributed by atoms with van der Waals surface area (Å²) in [5.41, 5.74) is 3.08. The second kappa shape index (κ2) is 11.0. The molecule has 0 unspecified atom stereocenters. The molecule has 2 aromatic heterocycles. The van der Waals surface area contributed by atoms with Crippen LogP contribution in [0.3, 0.4) is 0 Å². The van der Waals surface area contributed by atoms with E-state index in [1.807, 2.05) is 36.4 Å². The topological polar surface area (TPSA) is 83.3 Å². The van der Waals surface area contributed by atoms with Crippen molar-refractivity contribution < 1.29 is 27.8 Å². The Balaban J connectivity index is 1.44. The second-order valence-corrected chi connectivity index (χ2v) is 7.22. The lowest BCUT2D eigenvalue weighted by Gasteiger charge is -2.05. The zero-order chi connectivity index (χ0) is 24.6. The fraction of sp³-hybridized carbons (Fsp3) is 0.0769. The summed E-state index contributed by atoms with van der Waals surface area (Å²) in [6.07, 6.45) is 7.86. The Kier molecular flexibility index (Phi) is 7.37. The lowest BCUT2D eigenvalue weighted by molar-refractivity contribution is -0.136. The lowest BCUT2D eigenvalue weighted by Crippen LogP contribution is -2.12. The number of esters is 1. The third kappa shape index (κ3) is 6.23. The number of carbonyl (C=O) groups is 2. The maximum absolute atomic E-state index is 12.2. The number of benzene rings is 2. The fourth-order valence-corrected chi connectivity index (χ4v) is 3.20. The van der Waals surface area contributed by atoms with E-state index in [0.29, 0.717) is 11.3 Å². The molecule has 0 bridgehead atoms. The highest BCUT2D eigenvalue weighted by Crippen LogP contribution is 2.24. The molecule has 2 heterocycles. The number of ketones is 1. The third-order valence-electron chi connectivity index (χ3n) is 4.84. The smallest absolute Gasteiger partial charge is 0.387 e. The first kappa shape index (κ1) is 23.5. The monoisotopic (exact) mass is 475 g/mol. The first-order chi connectivity index (χ1) is 17.0. The highest BCUT2D eigenvalue weighted by atomic mass is 19.3. The molecule has 176 valence electrons. The van der Waals surface area contributed by atoms with Crippen LogP contribution in [0.5, 0.6) is 5.75 Å². The van der Waals surface area contributed by atoms with Crippen LogP contribution in [0.15, 0.2) is 91.4 Å². The van der Waals surface area contributed by atoms with E-state index >= 15 is 0 Å². The minimum Gasteiger partial charge on any atom is -0.454 e. The number of para-hydroxylation sites is 1.